The van der Waals surface area contributed by atoms with Crippen LogP contribution in [-0.4, -0.2) is 4.92 Å². The molecule has 0 fully saturated rings. The van der Waals surface area contributed by atoms with Gasteiger partial charge >= 0.3 is 0 Å². The van der Waals surface area contributed by atoms with E-state index < -0.39 is 4.92 Å². The lowest BCUT2D eigenvalue weighted by Crippen LogP contribution is -1.91. The first-order valence-electron chi connectivity index (χ1n) is 3.68. The second kappa shape index (κ2) is 3.34. The van der Waals surface area contributed by atoms with E-state index in [0.717, 1.165) is 5.56 Å². The zero-order valence-corrected chi connectivity index (χ0v) is 6.86. The fourth-order valence-electron chi connectivity index (χ4n) is 0.945. The highest BCUT2D eigenvalue weighted by atomic mass is 16.6. The SMILES string of the molecule is [CH2]C(C)c1cccc([N+](=O)[O-])c1. The Morgan fingerprint density at radius 1 is 1.58 bits per heavy atom. The zero-order chi connectivity index (χ0) is 9.14. The first-order valence-corrected chi connectivity index (χ1v) is 3.68. The van der Waals surface area contributed by atoms with Crippen molar-refractivity contribution in [3.05, 3.63) is 46.9 Å². The maximum absolute atomic E-state index is 10.4. The molecule has 3 heteroatoms. The number of benzene rings is 1. The molecule has 0 aliphatic rings. The molecule has 1 aromatic rings. The number of rotatable bonds is 2. The van der Waals surface area contributed by atoms with Gasteiger partial charge in [-0.3, -0.25) is 10.1 Å². The summed E-state index contributed by atoms with van der Waals surface area (Å²) in [6.07, 6.45) is 0. The van der Waals surface area contributed by atoms with E-state index in [-0.39, 0.29) is 11.6 Å². The maximum atomic E-state index is 10.4. The summed E-state index contributed by atoms with van der Waals surface area (Å²) in [6.45, 7) is 5.69. The number of hydrogen-bond acceptors (Lipinski definition) is 2. The van der Waals surface area contributed by atoms with Gasteiger partial charge in [0.25, 0.3) is 5.69 Å². The molecule has 1 atom stereocenters. The second-order valence-electron chi connectivity index (χ2n) is 2.75. The number of hydrogen-bond donors (Lipinski definition) is 0. The molecule has 63 valence electrons. The van der Waals surface area contributed by atoms with Gasteiger partial charge in [0.2, 0.25) is 0 Å². The lowest BCUT2D eigenvalue weighted by Gasteiger charge is -2.02. The third-order valence-corrected chi connectivity index (χ3v) is 1.65. The van der Waals surface area contributed by atoms with E-state index in [4.69, 9.17) is 0 Å². The quantitative estimate of drug-likeness (QED) is 0.498. The van der Waals surface area contributed by atoms with Crippen LogP contribution in [0.4, 0.5) is 5.69 Å². The highest BCUT2D eigenvalue weighted by Gasteiger charge is 2.06. The Morgan fingerprint density at radius 3 is 2.75 bits per heavy atom. The summed E-state index contributed by atoms with van der Waals surface area (Å²) in [5.74, 6) is 0.0879. The highest BCUT2D eigenvalue weighted by Crippen LogP contribution is 2.19. The van der Waals surface area contributed by atoms with Crippen molar-refractivity contribution in [3.8, 4) is 0 Å². The van der Waals surface area contributed by atoms with Gasteiger partial charge in [-0.2, -0.15) is 0 Å². The van der Waals surface area contributed by atoms with Crippen LogP contribution in [-0.2, 0) is 0 Å². The normalized spacial score (nSPS) is 10.2. The molecular weight excluding hydrogens is 154 g/mol. The second-order valence-corrected chi connectivity index (χ2v) is 2.75. The molecule has 0 saturated heterocycles. The molecule has 0 saturated carbocycles. The molecule has 0 spiro atoms. The van der Waals surface area contributed by atoms with Crippen molar-refractivity contribution in [3.63, 3.8) is 0 Å². The van der Waals surface area contributed by atoms with E-state index in [0.29, 0.717) is 0 Å². The lowest BCUT2D eigenvalue weighted by atomic mass is 10.0. The third-order valence-electron chi connectivity index (χ3n) is 1.65. The summed E-state index contributed by atoms with van der Waals surface area (Å²) >= 11 is 0. The van der Waals surface area contributed by atoms with Crippen LogP contribution in [0, 0.1) is 17.0 Å². The van der Waals surface area contributed by atoms with Crippen LogP contribution in [0.5, 0.6) is 0 Å². The van der Waals surface area contributed by atoms with Gasteiger partial charge in [-0.05, 0) is 18.4 Å². The lowest BCUT2D eigenvalue weighted by molar-refractivity contribution is -0.384. The first-order chi connectivity index (χ1) is 5.61. The zero-order valence-electron chi connectivity index (χ0n) is 6.86. The minimum Gasteiger partial charge on any atom is -0.258 e. The van der Waals surface area contributed by atoms with Crippen LogP contribution in [0.2, 0.25) is 0 Å². The molecule has 0 aromatic heterocycles. The number of nitro groups is 1. The molecule has 0 bridgehead atoms. The van der Waals surface area contributed by atoms with Crippen LogP contribution in [0.1, 0.15) is 18.4 Å². The van der Waals surface area contributed by atoms with Gasteiger partial charge in [0.05, 0.1) is 4.92 Å². The van der Waals surface area contributed by atoms with Crippen molar-refractivity contribution in [1.82, 2.24) is 0 Å². The Balaban J connectivity index is 3.04. The molecule has 0 aliphatic heterocycles. The van der Waals surface area contributed by atoms with E-state index in [1.54, 1.807) is 12.1 Å². The summed E-state index contributed by atoms with van der Waals surface area (Å²) in [7, 11) is 0. The number of non-ortho nitro benzene ring substituents is 1. The average molecular weight is 164 g/mol. The topological polar surface area (TPSA) is 43.1 Å². The maximum Gasteiger partial charge on any atom is 0.269 e. The van der Waals surface area contributed by atoms with Gasteiger partial charge in [-0.25, -0.2) is 0 Å². The molecule has 0 aliphatic carbocycles. The predicted molar refractivity (Wildman–Crippen MR) is 46.9 cm³/mol. The molecule has 12 heavy (non-hydrogen) atoms. The molecule has 0 amide bonds. The Bertz CT molecular complexity index is 294. The summed E-state index contributed by atoms with van der Waals surface area (Å²) in [4.78, 5) is 9.96. The van der Waals surface area contributed by atoms with Crippen molar-refractivity contribution >= 4 is 5.69 Å². The molecule has 1 unspecified atom stereocenters. The van der Waals surface area contributed by atoms with Crippen LogP contribution < -0.4 is 0 Å². The molecule has 0 N–H and O–H groups in total. The fourth-order valence-corrected chi connectivity index (χ4v) is 0.945. The minimum atomic E-state index is -0.397. The van der Waals surface area contributed by atoms with Gasteiger partial charge in [-0.15, -0.1) is 0 Å². The monoisotopic (exact) mass is 164 g/mol. The van der Waals surface area contributed by atoms with E-state index in [1.165, 1.54) is 6.07 Å². The predicted octanol–water partition coefficient (Wildman–Crippen LogP) is 2.53. The highest BCUT2D eigenvalue weighted by molar-refractivity contribution is 5.35. The minimum absolute atomic E-state index is 0.0879. The van der Waals surface area contributed by atoms with E-state index in [2.05, 4.69) is 6.92 Å². The molecule has 1 radical (unpaired) electrons. The van der Waals surface area contributed by atoms with Crippen LogP contribution in [0.3, 0.4) is 0 Å². The molecule has 3 nitrogen and oxygen atoms in total. The summed E-state index contributed by atoms with van der Waals surface area (Å²) < 4.78 is 0. The van der Waals surface area contributed by atoms with E-state index in [9.17, 15) is 10.1 Å². The first kappa shape index (κ1) is 8.71. The van der Waals surface area contributed by atoms with E-state index in [1.807, 2.05) is 13.0 Å². The van der Waals surface area contributed by atoms with Gasteiger partial charge in [-0.1, -0.05) is 19.1 Å². The summed E-state index contributed by atoms with van der Waals surface area (Å²) in [5, 5.41) is 10.4. The largest absolute Gasteiger partial charge is 0.269 e. The van der Waals surface area contributed by atoms with Crippen molar-refractivity contribution in [1.29, 1.82) is 0 Å². The smallest absolute Gasteiger partial charge is 0.258 e. The average Bonchev–Trinajstić information content (AvgIpc) is 2.04. The molecule has 1 rings (SSSR count). The van der Waals surface area contributed by atoms with Crippen LogP contribution >= 0.6 is 0 Å². The standard InChI is InChI=1S/C9H10NO2/c1-7(2)8-4-3-5-9(6-8)10(11)12/h3-7H,1H2,2H3. The van der Waals surface area contributed by atoms with E-state index >= 15 is 0 Å². The van der Waals surface area contributed by atoms with Gasteiger partial charge in [0, 0.05) is 12.1 Å². The van der Waals surface area contributed by atoms with Crippen molar-refractivity contribution in [2.75, 3.05) is 0 Å². The molecule has 1 aromatic carbocycles. The van der Waals surface area contributed by atoms with Gasteiger partial charge < -0.3 is 0 Å². The summed E-state index contributed by atoms with van der Waals surface area (Å²) in [6, 6.07) is 6.54. The van der Waals surface area contributed by atoms with Crippen LogP contribution in [0.15, 0.2) is 24.3 Å². The summed E-state index contributed by atoms with van der Waals surface area (Å²) in [5.41, 5.74) is 1.02. The van der Waals surface area contributed by atoms with Crippen LogP contribution in [0.25, 0.3) is 0 Å². The third kappa shape index (κ3) is 1.81. The fraction of sp³-hybridized carbons (Fsp3) is 0.222. The Hall–Kier alpha value is -1.38. The number of nitro benzene ring substituents is 1. The van der Waals surface area contributed by atoms with Gasteiger partial charge in [0.15, 0.2) is 0 Å². The molecule has 0 heterocycles. The van der Waals surface area contributed by atoms with Crippen molar-refractivity contribution in [2.45, 2.75) is 12.8 Å². The molecular formula is C9H10NO2. The van der Waals surface area contributed by atoms with Crippen molar-refractivity contribution < 1.29 is 4.92 Å². The Kier molecular flexibility index (Phi) is 2.43. The Labute approximate surface area is 71.2 Å². The van der Waals surface area contributed by atoms with Gasteiger partial charge in [0.1, 0.15) is 0 Å². The van der Waals surface area contributed by atoms with Crippen molar-refractivity contribution in [2.24, 2.45) is 0 Å². The number of nitrogens with zero attached hydrogens (tertiary/aromatic N) is 1. The Morgan fingerprint density at radius 2 is 2.25 bits per heavy atom.